The molecule has 0 saturated heterocycles. The predicted molar refractivity (Wildman–Crippen MR) is 89.9 cm³/mol. The second kappa shape index (κ2) is 7.84. The first kappa shape index (κ1) is 16.4. The Kier molecular flexibility index (Phi) is 6.10. The minimum atomic E-state index is 0.491. The molecule has 2 nitrogen and oxygen atoms in total. The van der Waals surface area contributed by atoms with Crippen LogP contribution in [0.3, 0.4) is 0 Å². The summed E-state index contributed by atoms with van der Waals surface area (Å²) >= 11 is 0. The quantitative estimate of drug-likeness (QED) is 0.806. The maximum atomic E-state index is 5.41. The molecule has 21 heavy (non-hydrogen) atoms. The third kappa shape index (κ3) is 3.79. The fourth-order valence-electron chi connectivity index (χ4n) is 4.01. The Morgan fingerprint density at radius 1 is 1.24 bits per heavy atom. The van der Waals surface area contributed by atoms with E-state index in [9.17, 15) is 0 Å². The highest BCUT2D eigenvalue weighted by atomic mass is 16.5. The molecule has 0 aliphatic heterocycles. The maximum absolute atomic E-state index is 5.41. The Labute approximate surface area is 130 Å². The summed E-state index contributed by atoms with van der Waals surface area (Å²) in [5.41, 5.74) is 2.67. The van der Waals surface area contributed by atoms with Crippen LogP contribution in [0.1, 0.15) is 63.1 Å². The molecule has 3 atom stereocenters. The van der Waals surface area contributed by atoms with E-state index in [1.54, 1.807) is 7.11 Å². The first-order valence-electron chi connectivity index (χ1n) is 8.59. The van der Waals surface area contributed by atoms with Gasteiger partial charge in [0.05, 0.1) is 7.11 Å². The molecule has 1 aliphatic rings. The van der Waals surface area contributed by atoms with Crippen LogP contribution in [-0.2, 0) is 0 Å². The van der Waals surface area contributed by atoms with Crippen LogP contribution >= 0.6 is 0 Å². The van der Waals surface area contributed by atoms with Crippen molar-refractivity contribution in [3.63, 3.8) is 0 Å². The van der Waals surface area contributed by atoms with Crippen LogP contribution in [0.2, 0.25) is 0 Å². The highest BCUT2D eigenvalue weighted by molar-refractivity contribution is 5.37. The summed E-state index contributed by atoms with van der Waals surface area (Å²) < 4.78 is 5.41. The standard InChI is InChI=1S/C19H31NO/c1-5-15-9-7-8-10-17(15)19(20-6-2)16-11-12-18(21-4)14(3)13-16/h11-13,15,17,19-20H,5-10H2,1-4H3. The van der Waals surface area contributed by atoms with Gasteiger partial charge in [0.15, 0.2) is 0 Å². The Morgan fingerprint density at radius 2 is 2.00 bits per heavy atom. The van der Waals surface area contributed by atoms with E-state index in [1.165, 1.54) is 43.2 Å². The van der Waals surface area contributed by atoms with Gasteiger partial charge in [0.1, 0.15) is 5.75 Å². The highest BCUT2D eigenvalue weighted by Gasteiger charge is 2.31. The summed E-state index contributed by atoms with van der Waals surface area (Å²) in [6.45, 7) is 7.74. The van der Waals surface area contributed by atoms with Crippen LogP contribution in [0, 0.1) is 18.8 Å². The van der Waals surface area contributed by atoms with Gasteiger partial charge in [0.2, 0.25) is 0 Å². The van der Waals surface area contributed by atoms with E-state index in [4.69, 9.17) is 4.74 Å². The van der Waals surface area contributed by atoms with Crippen LogP contribution in [0.25, 0.3) is 0 Å². The van der Waals surface area contributed by atoms with Crippen molar-refractivity contribution in [1.29, 1.82) is 0 Å². The van der Waals surface area contributed by atoms with Crippen molar-refractivity contribution in [1.82, 2.24) is 5.32 Å². The first-order valence-corrected chi connectivity index (χ1v) is 8.59. The number of benzene rings is 1. The molecule has 0 amide bonds. The normalized spacial score (nSPS) is 23.8. The molecule has 0 bridgehead atoms. The van der Waals surface area contributed by atoms with E-state index < -0.39 is 0 Å². The van der Waals surface area contributed by atoms with Gasteiger partial charge in [-0.2, -0.15) is 0 Å². The van der Waals surface area contributed by atoms with Gasteiger partial charge >= 0.3 is 0 Å². The van der Waals surface area contributed by atoms with E-state index in [1.807, 2.05) is 0 Å². The number of rotatable bonds is 6. The summed E-state index contributed by atoms with van der Waals surface area (Å²) in [5, 5.41) is 3.76. The summed E-state index contributed by atoms with van der Waals surface area (Å²) in [5.74, 6) is 2.63. The Morgan fingerprint density at radius 3 is 2.62 bits per heavy atom. The predicted octanol–water partition coefficient (Wildman–Crippen LogP) is 4.87. The summed E-state index contributed by atoms with van der Waals surface area (Å²) in [6, 6.07) is 7.18. The molecule has 1 fully saturated rings. The summed E-state index contributed by atoms with van der Waals surface area (Å²) in [4.78, 5) is 0. The average Bonchev–Trinajstić information content (AvgIpc) is 2.52. The van der Waals surface area contributed by atoms with Gasteiger partial charge in [0, 0.05) is 6.04 Å². The molecule has 3 unspecified atom stereocenters. The van der Waals surface area contributed by atoms with Gasteiger partial charge in [-0.15, -0.1) is 0 Å². The molecule has 118 valence electrons. The Bertz CT molecular complexity index is 443. The zero-order chi connectivity index (χ0) is 15.2. The van der Waals surface area contributed by atoms with Crippen molar-refractivity contribution in [3.8, 4) is 5.75 Å². The number of methoxy groups -OCH3 is 1. The molecule has 1 aromatic rings. The molecule has 0 aromatic heterocycles. The molecule has 0 heterocycles. The smallest absolute Gasteiger partial charge is 0.121 e. The summed E-state index contributed by atoms with van der Waals surface area (Å²) in [7, 11) is 1.75. The lowest BCUT2D eigenvalue weighted by Crippen LogP contribution is -2.34. The van der Waals surface area contributed by atoms with E-state index in [0.29, 0.717) is 6.04 Å². The molecule has 1 N–H and O–H groups in total. The van der Waals surface area contributed by atoms with Crippen molar-refractivity contribution in [2.24, 2.45) is 11.8 Å². The maximum Gasteiger partial charge on any atom is 0.121 e. The van der Waals surface area contributed by atoms with Crippen LogP contribution in [0.5, 0.6) is 5.75 Å². The largest absolute Gasteiger partial charge is 0.496 e. The lowest BCUT2D eigenvalue weighted by Gasteiger charge is -2.37. The third-order valence-corrected chi connectivity index (χ3v) is 5.12. The van der Waals surface area contributed by atoms with Gasteiger partial charge in [-0.25, -0.2) is 0 Å². The molecule has 2 rings (SSSR count). The van der Waals surface area contributed by atoms with Crippen molar-refractivity contribution < 1.29 is 4.74 Å². The number of aryl methyl sites for hydroxylation is 1. The number of hydrogen-bond acceptors (Lipinski definition) is 2. The van der Waals surface area contributed by atoms with Crippen LogP contribution in [0.15, 0.2) is 18.2 Å². The lowest BCUT2D eigenvalue weighted by molar-refractivity contribution is 0.176. The van der Waals surface area contributed by atoms with E-state index in [-0.39, 0.29) is 0 Å². The zero-order valence-corrected chi connectivity index (χ0v) is 14.1. The molecule has 1 saturated carbocycles. The average molecular weight is 289 g/mol. The zero-order valence-electron chi connectivity index (χ0n) is 14.1. The third-order valence-electron chi connectivity index (χ3n) is 5.12. The van der Waals surface area contributed by atoms with Crippen molar-refractivity contribution in [3.05, 3.63) is 29.3 Å². The SMILES string of the molecule is CCNC(c1ccc(OC)c(C)c1)C1CCCCC1CC. The monoisotopic (exact) mass is 289 g/mol. The minimum absolute atomic E-state index is 0.491. The van der Waals surface area contributed by atoms with Gasteiger partial charge in [-0.05, 0) is 48.9 Å². The molecule has 1 aromatic carbocycles. The molecular weight excluding hydrogens is 258 g/mol. The fourth-order valence-corrected chi connectivity index (χ4v) is 4.01. The van der Waals surface area contributed by atoms with Crippen molar-refractivity contribution in [2.45, 2.75) is 58.9 Å². The minimum Gasteiger partial charge on any atom is -0.496 e. The molecule has 0 radical (unpaired) electrons. The van der Waals surface area contributed by atoms with Gasteiger partial charge in [0.25, 0.3) is 0 Å². The van der Waals surface area contributed by atoms with E-state index in [2.05, 4.69) is 44.3 Å². The second-order valence-corrected chi connectivity index (χ2v) is 6.38. The molecule has 0 spiro atoms. The first-order chi connectivity index (χ1) is 10.2. The lowest BCUT2D eigenvalue weighted by atomic mass is 9.72. The highest BCUT2D eigenvalue weighted by Crippen LogP contribution is 2.40. The second-order valence-electron chi connectivity index (χ2n) is 6.38. The Hall–Kier alpha value is -1.02. The van der Waals surface area contributed by atoms with E-state index >= 15 is 0 Å². The van der Waals surface area contributed by atoms with Gasteiger partial charge in [-0.3, -0.25) is 0 Å². The molecule has 1 aliphatic carbocycles. The van der Waals surface area contributed by atoms with E-state index in [0.717, 1.165) is 24.1 Å². The number of nitrogens with one attached hydrogen (secondary N) is 1. The van der Waals surface area contributed by atoms with Gasteiger partial charge < -0.3 is 10.1 Å². The summed E-state index contributed by atoms with van der Waals surface area (Å²) in [6.07, 6.45) is 6.87. The number of ether oxygens (including phenoxy) is 1. The Balaban J connectivity index is 2.26. The number of hydrogen-bond donors (Lipinski definition) is 1. The van der Waals surface area contributed by atoms with Crippen molar-refractivity contribution >= 4 is 0 Å². The van der Waals surface area contributed by atoms with Crippen LogP contribution in [0.4, 0.5) is 0 Å². The van der Waals surface area contributed by atoms with Crippen molar-refractivity contribution in [2.75, 3.05) is 13.7 Å². The molecular formula is C19H31NO. The van der Waals surface area contributed by atoms with Crippen LogP contribution < -0.4 is 10.1 Å². The van der Waals surface area contributed by atoms with Crippen LogP contribution in [-0.4, -0.2) is 13.7 Å². The topological polar surface area (TPSA) is 21.3 Å². The fraction of sp³-hybridized carbons (Fsp3) is 0.684. The molecule has 2 heteroatoms. The van der Waals surface area contributed by atoms with Gasteiger partial charge in [-0.1, -0.05) is 51.7 Å².